The highest BCUT2D eigenvalue weighted by atomic mass is 16.6. The molecule has 0 unspecified atom stereocenters. The number of alkyl carbamates (subject to hydrolysis) is 1. The van der Waals surface area contributed by atoms with Gasteiger partial charge in [0, 0.05) is 12.3 Å². The molecule has 4 aliphatic rings. The topological polar surface area (TPSA) is 147 Å². The summed E-state index contributed by atoms with van der Waals surface area (Å²) in [5.74, 6) is -2.32. The van der Waals surface area contributed by atoms with E-state index in [1.165, 1.54) is 4.90 Å². The number of carbonyl (C=O) groups is 4. The minimum absolute atomic E-state index is 0.0546. The van der Waals surface area contributed by atoms with Gasteiger partial charge < -0.3 is 30.2 Å². The molecular weight excluding hydrogens is 576 g/mol. The summed E-state index contributed by atoms with van der Waals surface area (Å²) in [6.07, 6.45) is 10.1. The number of hydrogen-bond acceptors (Lipinski definition) is 7. The van der Waals surface area contributed by atoms with Crippen LogP contribution < -0.4 is 10.6 Å². The van der Waals surface area contributed by atoms with E-state index in [9.17, 15) is 24.3 Å². The molecule has 11 heteroatoms. The van der Waals surface area contributed by atoms with E-state index in [4.69, 9.17) is 9.57 Å². The zero-order valence-electron chi connectivity index (χ0n) is 26.3. The van der Waals surface area contributed by atoms with Crippen molar-refractivity contribution >= 4 is 29.6 Å². The molecule has 0 radical (unpaired) electrons. The number of aliphatic carboxylic acids is 1. The Balaban J connectivity index is 1.39. The summed E-state index contributed by atoms with van der Waals surface area (Å²) in [6, 6.07) is 7.79. The molecule has 2 aliphatic carbocycles. The second-order valence-electron chi connectivity index (χ2n) is 13.1. The highest BCUT2D eigenvalue weighted by molar-refractivity contribution is 6.01. The van der Waals surface area contributed by atoms with Gasteiger partial charge in [-0.3, -0.25) is 9.59 Å². The van der Waals surface area contributed by atoms with E-state index in [0.717, 1.165) is 56.2 Å². The fraction of sp³-hybridized carbons (Fsp3) is 0.618. The summed E-state index contributed by atoms with van der Waals surface area (Å²) in [6.45, 7) is 4.09. The van der Waals surface area contributed by atoms with Gasteiger partial charge in [0.1, 0.15) is 29.8 Å². The summed E-state index contributed by atoms with van der Waals surface area (Å²) < 4.78 is 5.61. The normalized spacial score (nSPS) is 30.4. The maximum atomic E-state index is 14.2. The van der Waals surface area contributed by atoms with Gasteiger partial charge in [-0.25, -0.2) is 9.59 Å². The summed E-state index contributed by atoms with van der Waals surface area (Å²) in [4.78, 5) is 60.6. The molecule has 5 rings (SSSR count). The van der Waals surface area contributed by atoms with Crippen molar-refractivity contribution in [2.45, 2.75) is 114 Å². The Morgan fingerprint density at radius 2 is 1.78 bits per heavy atom. The molecule has 244 valence electrons. The molecule has 2 aliphatic heterocycles. The zero-order chi connectivity index (χ0) is 32.0. The molecule has 3 amide bonds. The number of oxime groups is 1. The quantitative estimate of drug-likeness (QED) is 0.230. The Kier molecular flexibility index (Phi) is 10.5. The van der Waals surface area contributed by atoms with Crippen LogP contribution in [0.5, 0.6) is 0 Å². The molecule has 3 N–H and O–H groups in total. The van der Waals surface area contributed by atoms with Crippen molar-refractivity contribution in [2.75, 3.05) is 6.54 Å². The number of carbonyl (C=O) groups excluding carboxylic acids is 3. The number of amides is 3. The van der Waals surface area contributed by atoms with Crippen LogP contribution >= 0.6 is 0 Å². The average Bonchev–Trinajstić information content (AvgIpc) is 3.31. The van der Waals surface area contributed by atoms with Gasteiger partial charge in [0.2, 0.25) is 11.8 Å². The fourth-order valence-electron chi connectivity index (χ4n) is 6.70. The van der Waals surface area contributed by atoms with E-state index < -0.39 is 47.6 Å². The molecule has 1 aromatic carbocycles. The van der Waals surface area contributed by atoms with Gasteiger partial charge in [0.15, 0.2) is 0 Å². The third-order valence-electron chi connectivity index (χ3n) is 9.41. The fourth-order valence-corrected chi connectivity index (χ4v) is 6.70. The second-order valence-corrected chi connectivity index (χ2v) is 13.1. The predicted molar refractivity (Wildman–Crippen MR) is 167 cm³/mol. The zero-order valence-corrected chi connectivity index (χ0v) is 26.3. The number of nitrogens with zero attached hydrogens (tertiary/aromatic N) is 2. The van der Waals surface area contributed by atoms with Gasteiger partial charge in [0.25, 0.3) is 0 Å². The number of hydrogen-bond donors (Lipinski definition) is 3. The van der Waals surface area contributed by atoms with E-state index in [2.05, 4.69) is 15.8 Å². The first kappa shape index (κ1) is 32.5. The van der Waals surface area contributed by atoms with Crippen LogP contribution in [0.4, 0.5) is 4.79 Å². The van der Waals surface area contributed by atoms with Gasteiger partial charge in [-0.1, -0.05) is 74.3 Å². The molecule has 11 nitrogen and oxygen atoms in total. The Bertz CT molecular complexity index is 1290. The number of fused-ring (bicyclic) bond motifs is 2. The maximum Gasteiger partial charge on any atom is 0.408 e. The van der Waals surface area contributed by atoms with Crippen LogP contribution in [0.15, 0.2) is 47.6 Å². The molecular formula is C34H46N4O7. The third-order valence-corrected chi connectivity index (χ3v) is 9.41. The largest absolute Gasteiger partial charge is 0.479 e. The number of ether oxygens (including phenoxy) is 1. The smallest absolute Gasteiger partial charge is 0.408 e. The maximum absolute atomic E-state index is 14.2. The molecule has 0 bridgehead atoms. The van der Waals surface area contributed by atoms with Crippen LogP contribution in [0, 0.1) is 11.8 Å². The first-order valence-electron chi connectivity index (χ1n) is 16.5. The molecule has 3 fully saturated rings. The second kappa shape index (κ2) is 14.5. The first-order chi connectivity index (χ1) is 21.7. The van der Waals surface area contributed by atoms with Crippen LogP contribution in [-0.2, 0) is 24.0 Å². The van der Waals surface area contributed by atoms with Crippen molar-refractivity contribution in [2.24, 2.45) is 17.0 Å². The molecule has 0 aromatic heterocycles. The summed E-state index contributed by atoms with van der Waals surface area (Å²) in [7, 11) is 0. The van der Waals surface area contributed by atoms with Crippen molar-refractivity contribution in [3.05, 3.63) is 48.0 Å². The van der Waals surface area contributed by atoms with E-state index in [1.54, 1.807) is 0 Å². The van der Waals surface area contributed by atoms with Crippen LogP contribution in [0.25, 0.3) is 0 Å². The van der Waals surface area contributed by atoms with Crippen LogP contribution in [0.1, 0.15) is 90.0 Å². The number of benzene rings is 1. The van der Waals surface area contributed by atoms with Crippen molar-refractivity contribution in [3.63, 3.8) is 0 Å². The molecule has 5 atom stereocenters. The number of carboxylic acids is 1. The van der Waals surface area contributed by atoms with Crippen molar-refractivity contribution in [1.82, 2.24) is 15.5 Å². The summed E-state index contributed by atoms with van der Waals surface area (Å²) in [5.41, 5.74) is 0.248. The van der Waals surface area contributed by atoms with Crippen molar-refractivity contribution < 1.29 is 33.9 Å². The lowest BCUT2D eigenvalue weighted by atomic mass is 10.0. The van der Waals surface area contributed by atoms with Gasteiger partial charge in [-0.15, -0.1) is 0 Å². The monoisotopic (exact) mass is 622 g/mol. The van der Waals surface area contributed by atoms with Gasteiger partial charge in [-0.05, 0) is 62.8 Å². The van der Waals surface area contributed by atoms with Crippen molar-refractivity contribution in [1.29, 1.82) is 0 Å². The highest BCUT2D eigenvalue weighted by Crippen LogP contribution is 2.45. The Hall–Kier alpha value is -3.89. The van der Waals surface area contributed by atoms with E-state index >= 15 is 0 Å². The summed E-state index contributed by atoms with van der Waals surface area (Å²) in [5, 5.41) is 20.1. The average molecular weight is 623 g/mol. The standard InChI is InChI=1S/C34H46N4O7/c1-22(2)29(23-13-7-6-8-14-23)37-45-26-19-28-30(39)36-34(32(41)42)20-24(34)15-9-4-3-5-10-18-27(31(40)38(28)21-26)35-33(43)44-25-16-11-12-17-25/h6-9,13-15,22,24-28H,3-5,10-12,16-21H2,1-2H3,(H,35,43)(H,36,39)(H,41,42)/b15-9-,37-29+/t24-,26-,27+,28+,34+/m1/s1. The molecule has 45 heavy (non-hydrogen) atoms. The minimum atomic E-state index is -1.40. The lowest BCUT2D eigenvalue weighted by molar-refractivity contribution is -0.145. The molecule has 1 saturated heterocycles. The van der Waals surface area contributed by atoms with Crippen molar-refractivity contribution in [3.8, 4) is 0 Å². The Morgan fingerprint density at radius 1 is 1.04 bits per heavy atom. The van der Waals surface area contributed by atoms with Gasteiger partial charge >= 0.3 is 12.1 Å². The molecule has 1 aromatic rings. The Morgan fingerprint density at radius 3 is 2.49 bits per heavy atom. The number of nitrogens with one attached hydrogen (secondary N) is 2. The lowest BCUT2D eigenvalue weighted by Crippen LogP contribution is -2.56. The lowest BCUT2D eigenvalue weighted by Gasteiger charge is -2.29. The van der Waals surface area contributed by atoms with Crippen LogP contribution in [0.3, 0.4) is 0 Å². The van der Waals surface area contributed by atoms with Crippen LogP contribution in [0.2, 0.25) is 0 Å². The van der Waals surface area contributed by atoms with E-state index in [0.29, 0.717) is 19.3 Å². The molecule has 2 heterocycles. The van der Waals surface area contributed by atoms with E-state index in [-0.39, 0.29) is 30.9 Å². The third kappa shape index (κ3) is 7.86. The van der Waals surface area contributed by atoms with Crippen LogP contribution in [-0.4, -0.2) is 76.0 Å². The first-order valence-corrected chi connectivity index (χ1v) is 16.5. The minimum Gasteiger partial charge on any atom is -0.479 e. The predicted octanol–water partition coefficient (Wildman–Crippen LogP) is 4.55. The Labute approximate surface area is 264 Å². The highest BCUT2D eigenvalue weighted by Gasteiger charge is 2.61. The SMILES string of the molecule is CC(C)/C(=N\O[C@@H]1C[C@H]2C(=O)N[C@@]3(C(=O)O)C[C@H]3/C=C\CCCCC[C@H](NC(=O)OC3CCCC3)C(=O)N2C1)c1ccccc1. The number of rotatable bonds is 7. The number of allylic oxidation sites excluding steroid dienone is 1. The van der Waals surface area contributed by atoms with Gasteiger partial charge in [0.05, 0.1) is 12.3 Å². The molecule has 0 spiro atoms. The summed E-state index contributed by atoms with van der Waals surface area (Å²) >= 11 is 0. The molecule has 2 saturated carbocycles. The number of carboxylic acid groups (broad SMARTS) is 1. The van der Waals surface area contributed by atoms with E-state index in [1.807, 2.05) is 56.3 Å². The van der Waals surface area contributed by atoms with Gasteiger partial charge in [-0.2, -0.15) is 0 Å².